The third kappa shape index (κ3) is 1.26. The molecule has 0 spiro atoms. The first-order chi connectivity index (χ1) is 4.20. The smallest absolute Gasteiger partial charge is 0.164 e. The summed E-state index contributed by atoms with van der Waals surface area (Å²) in [6.07, 6.45) is 1.69. The highest BCUT2D eigenvalue weighted by molar-refractivity contribution is 7.80. The molecule has 48 valence electrons. The second-order valence-electron chi connectivity index (χ2n) is 1.78. The largest absolute Gasteiger partial charge is 0.387 e. The SMILES string of the molecule is Cc1cnc(C(N)=S)[nH]1. The van der Waals surface area contributed by atoms with Gasteiger partial charge in [-0.3, -0.25) is 0 Å². The van der Waals surface area contributed by atoms with Gasteiger partial charge in [0.05, 0.1) is 0 Å². The standard InChI is InChI=1S/C5H7N3S/c1-3-2-7-5(8-3)4(6)9/h2H,1H3,(H2,6,9)(H,7,8). The van der Waals surface area contributed by atoms with Crippen molar-refractivity contribution in [3.8, 4) is 0 Å². The summed E-state index contributed by atoms with van der Waals surface area (Å²) >= 11 is 4.66. The summed E-state index contributed by atoms with van der Waals surface area (Å²) in [5.74, 6) is 0.586. The number of nitrogens with one attached hydrogen (secondary N) is 1. The molecule has 0 radical (unpaired) electrons. The molecule has 0 saturated carbocycles. The first-order valence-corrected chi connectivity index (χ1v) is 2.92. The number of nitrogens with zero attached hydrogens (tertiary/aromatic N) is 1. The van der Waals surface area contributed by atoms with Crippen LogP contribution < -0.4 is 5.73 Å². The highest BCUT2D eigenvalue weighted by Crippen LogP contribution is 1.92. The molecule has 0 fully saturated rings. The van der Waals surface area contributed by atoms with Crippen LogP contribution in [0.1, 0.15) is 11.5 Å². The molecule has 1 heterocycles. The van der Waals surface area contributed by atoms with E-state index in [4.69, 9.17) is 5.73 Å². The molecule has 0 atom stereocenters. The number of rotatable bonds is 1. The molecule has 3 nitrogen and oxygen atoms in total. The van der Waals surface area contributed by atoms with Crippen molar-refractivity contribution in [1.82, 2.24) is 9.97 Å². The Labute approximate surface area is 58.3 Å². The number of imidazole rings is 1. The fraction of sp³-hybridized carbons (Fsp3) is 0.200. The van der Waals surface area contributed by atoms with Crippen LogP contribution in [0.25, 0.3) is 0 Å². The van der Waals surface area contributed by atoms with E-state index in [0.717, 1.165) is 5.69 Å². The van der Waals surface area contributed by atoms with Crippen molar-refractivity contribution in [2.75, 3.05) is 0 Å². The van der Waals surface area contributed by atoms with Crippen molar-refractivity contribution < 1.29 is 0 Å². The molecule has 0 aliphatic heterocycles. The van der Waals surface area contributed by atoms with Crippen molar-refractivity contribution >= 4 is 17.2 Å². The van der Waals surface area contributed by atoms with Crippen LogP contribution >= 0.6 is 12.2 Å². The summed E-state index contributed by atoms with van der Waals surface area (Å²) < 4.78 is 0. The molecule has 0 unspecified atom stereocenters. The molecule has 9 heavy (non-hydrogen) atoms. The van der Waals surface area contributed by atoms with Crippen LogP contribution in [0.15, 0.2) is 6.20 Å². The summed E-state index contributed by atoms with van der Waals surface area (Å²) in [5.41, 5.74) is 6.23. The Morgan fingerprint density at radius 3 is 2.78 bits per heavy atom. The normalized spacial score (nSPS) is 9.44. The molecule has 3 N–H and O–H groups in total. The molecule has 4 heteroatoms. The first-order valence-electron chi connectivity index (χ1n) is 2.51. The molecule has 0 aromatic carbocycles. The zero-order valence-corrected chi connectivity index (χ0v) is 5.83. The second kappa shape index (κ2) is 2.14. The Balaban J connectivity index is 2.98. The van der Waals surface area contributed by atoms with Crippen molar-refractivity contribution in [3.05, 3.63) is 17.7 Å². The molecule has 0 bridgehead atoms. The van der Waals surface area contributed by atoms with Crippen LogP contribution in [0, 0.1) is 6.92 Å². The average Bonchev–Trinajstić information content (AvgIpc) is 2.14. The van der Waals surface area contributed by atoms with Crippen LogP contribution in [-0.2, 0) is 0 Å². The Morgan fingerprint density at radius 2 is 2.56 bits per heavy atom. The summed E-state index contributed by atoms with van der Waals surface area (Å²) in [6.45, 7) is 1.90. The molecule has 1 rings (SSSR count). The number of hydrogen-bond donors (Lipinski definition) is 2. The monoisotopic (exact) mass is 141 g/mol. The quantitative estimate of drug-likeness (QED) is 0.555. The van der Waals surface area contributed by atoms with Gasteiger partial charge in [0.25, 0.3) is 0 Å². The van der Waals surface area contributed by atoms with Gasteiger partial charge in [-0.2, -0.15) is 0 Å². The van der Waals surface area contributed by atoms with Crippen molar-refractivity contribution in [3.63, 3.8) is 0 Å². The lowest BCUT2D eigenvalue weighted by molar-refractivity contribution is 1.22. The van der Waals surface area contributed by atoms with E-state index in [9.17, 15) is 0 Å². The number of aromatic amines is 1. The highest BCUT2D eigenvalue weighted by Gasteiger charge is 1.97. The maximum Gasteiger partial charge on any atom is 0.164 e. The van der Waals surface area contributed by atoms with Gasteiger partial charge in [-0.1, -0.05) is 12.2 Å². The van der Waals surface area contributed by atoms with Gasteiger partial charge in [0.15, 0.2) is 5.82 Å². The number of hydrogen-bond acceptors (Lipinski definition) is 2. The van der Waals surface area contributed by atoms with Gasteiger partial charge in [-0.05, 0) is 6.92 Å². The van der Waals surface area contributed by atoms with E-state index in [1.165, 1.54) is 0 Å². The van der Waals surface area contributed by atoms with E-state index in [1.54, 1.807) is 6.20 Å². The molecular formula is C5H7N3S. The van der Waals surface area contributed by atoms with E-state index in [0.29, 0.717) is 10.8 Å². The zero-order valence-electron chi connectivity index (χ0n) is 5.01. The second-order valence-corrected chi connectivity index (χ2v) is 2.22. The van der Waals surface area contributed by atoms with Crippen molar-refractivity contribution in [1.29, 1.82) is 0 Å². The third-order valence-electron chi connectivity index (χ3n) is 0.936. The van der Waals surface area contributed by atoms with Crippen LogP contribution in [-0.4, -0.2) is 15.0 Å². The minimum atomic E-state index is 0.308. The lowest BCUT2D eigenvalue weighted by atomic mass is 10.6. The van der Waals surface area contributed by atoms with Gasteiger partial charge in [0, 0.05) is 11.9 Å². The van der Waals surface area contributed by atoms with Gasteiger partial charge in [-0.25, -0.2) is 4.98 Å². The first kappa shape index (κ1) is 6.22. The molecule has 1 aromatic heterocycles. The maximum atomic E-state index is 5.26. The summed E-state index contributed by atoms with van der Waals surface area (Å²) in [5, 5.41) is 0. The van der Waals surface area contributed by atoms with Crippen LogP contribution in [0.4, 0.5) is 0 Å². The molecular weight excluding hydrogens is 134 g/mol. The van der Waals surface area contributed by atoms with Gasteiger partial charge >= 0.3 is 0 Å². The number of aryl methyl sites for hydroxylation is 1. The molecule has 1 aromatic rings. The molecule has 0 saturated heterocycles. The Bertz CT molecular complexity index is 228. The van der Waals surface area contributed by atoms with Crippen molar-refractivity contribution in [2.24, 2.45) is 5.73 Å². The predicted molar refractivity (Wildman–Crippen MR) is 39.2 cm³/mol. The van der Waals surface area contributed by atoms with E-state index in [2.05, 4.69) is 22.2 Å². The van der Waals surface area contributed by atoms with E-state index in [1.807, 2.05) is 6.92 Å². The summed E-state index contributed by atoms with van der Waals surface area (Å²) in [7, 11) is 0. The molecule has 0 aliphatic carbocycles. The van der Waals surface area contributed by atoms with Gasteiger partial charge in [-0.15, -0.1) is 0 Å². The maximum absolute atomic E-state index is 5.26. The number of nitrogens with two attached hydrogens (primary N) is 1. The number of H-pyrrole nitrogens is 1. The minimum absolute atomic E-state index is 0.308. The highest BCUT2D eigenvalue weighted by atomic mass is 32.1. The zero-order chi connectivity index (χ0) is 6.85. The lowest BCUT2D eigenvalue weighted by Crippen LogP contribution is -2.11. The van der Waals surface area contributed by atoms with E-state index >= 15 is 0 Å². The van der Waals surface area contributed by atoms with Crippen LogP contribution in [0.2, 0.25) is 0 Å². The summed E-state index contributed by atoms with van der Waals surface area (Å²) in [6, 6.07) is 0. The Morgan fingerprint density at radius 1 is 1.89 bits per heavy atom. The van der Waals surface area contributed by atoms with E-state index < -0.39 is 0 Å². The number of aromatic nitrogens is 2. The molecule has 0 amide bonds. The minimum Gasteiger partial charge on any atom is -0.387 e. The van der Waals surface area contributed by atoms with Gasteiger partial charge in [0.2, 0.25) is 0 Å². The third-order valence-corrected chi connectivity index (χ3v) is 1.13. The fourth-order valence-corrected chi connectivity index (χ4v) is 0.642. The lowest BCUT2D eigenvalue weighted by Gasteiger charge is -1.86. The van der Waals surface area contributed by atoms with Crippen LogP contribution in [0.5, 0.6) is 0 Å². The van der Waals surface area contributed by atoms with E-state index in [-0.39, 0.29) is 0 Å². The predicted octanol–water partition coefficient (Wildman–Crippen LogP) is 0.352. The molecule has 0 aliphatic rings. The topological polar surface area (TPSA) is 54.7 Å². The summed E-state index contributed by atoms with van der Waals surface area (Å²) in [4.78, 5) is 7.10. The number of thiocarbonyl (C=S) groups is 1. The van der Waals surface area contributed by atoms with Crippen LogP contribution in [0.3, 0.4) is 0 Å². The van der Waals surface area contributed by atoms with Crippen molar-refractivity contribution in [2.45, 2.75) is 6.92 Å². The fourth-order valence-electron chi connectivity index (χ4n) is 0.538. The van der Waals surface area contributed by atoms with Gasteiger partial charge < -0.3 is 10.7 Å². The van der Waals surface area contributed by atoms with Gasteiger partial charge in [0.1, 0.15) is 4.99 Å². The Kier molecular flexibility index (Phi) is 1.48. The Hall–Kier alpha value is -0.900. The average molecular weight is 141 g/mol.